The number of hydrogen-bond acceptors (Lipinski definition) is 5. The molecule has 2 rings (SSSR count). The highest BCUT2D eigenvalue weighted by molar-refractivity contribution is 5.29. The van der Waals surface area contributed by atoms with E-state index in [0.29, 0.717) is 0 Å². The van der Waals surface area contributed by atoms with Crippen molar-refractivity contribution in [1.82, 2.24) is 15.4 Å². The summed E-state index contributed by atoms with van der Waals surface area (Å²) < 4.78 is 5.20. The Balaban J connectivity index is 2.15. The number of rotatable bonds is 5. The molecule has 0 amide bonds. The largest absolute Gasteiger partial charge is 0.497 e. The minimum Gasteiger partial charge on any atom is -0.497 e. The van der Waals surface area contributed by atoms with E-state index in [1.54, 1.807) is 13.3 Å². The van der Waals surface area contributed by atoms with Crippen LogP contribution >= 0.6 is 0 Å². The maximum absolute atomic E-state index is 5.58. The number of nitrogens with one attached hydrogen (secondary N) is 1. The first-order valence-electron chi connectivity index (χ1n) is 5.68. The summed E-state index contributed by atoms with van der Waals surface area (Å²) in [7, 11) is 1.65. The Morgan fingerprint density at radius 1 is 1.39 bits per heavy atom. The molecule has 0 radical (unpaired) electrons. The summed E-state index contributed by atoms with van der Waals surface area (Å²) in [4.78, 5) is 8.10. The van der Waals surface area contributed by atoms with Crippen molar-refractivity contribution < 1.29 is 4.74 Å². The van der Waals surface area contributed by atoms with Crippen molar-refractivity contribution >= 4 is 0 Å². The predicted octanol–water partition coefficient (Wildman–Crippen LogP) is 1.23. The fourth-order valence-electron chi connectivity index (χ4n) is 1.79. The quantitative estimate of drug-likeness (QED) is 0.611. The first kappa shape index (κ1) is 12.5. The predicted molar refractivity (Wildman–Crippen MR) is 68.8 cm³/mol. The molecular formula is C13H16N4O. The van der Waals surface area contributed by atoms with E-state index in [-0.39, 0.29) is 6.04 Å². The Hall–Kier alpha value is -1.98. The molecule has 0 aliphatic heterocycles. The van der Waals surface area contributed by atoms with E-state index in [1.807, 2.05) is 30.3 Å². The SMILES string of the molecule is COc1cccc(CC(NN)c2ccncn2)c1. The van der Waals surface area contributed by atoms with Gasteiger partial charge < -0.3 is 4.74 Å². The topological polar surface area (TPSA) is 73.1 Å². The number of hydrazine groups is 1. The van der Waals surface area contributed by atoms with Crippen LogP contribution in [0.1, 0.15) is 17.3 Å². The Labute approximate surface area is 106 Å². The first-order chi connectivity index (χ1) is 8.83. The highest BCUT2D eigenvalue weighted by Crippen LogP contribution is 2.19. The van der Waals surface area contributed by atoms with Gasteiger partial charge in [0.05, 0.1) is 18.8 Å². The van der Waals surface area contributed by atoms with E-state index in [0.717, 1.165) is 23.4 Å². The number of hydrogen-bond donors (Lipinski definition) is 2. The summed E-state index contributed by atoms with van der Waals surface area (Å²) in [6.07, 6.45) is 3.97. The Bertz CT molecular complexity index is 489. The highest BCUT2D eigenvalue weighted by Gasteiger charge is 2.11. The lowest BCUT2D eigenvalue weighted by Crippen LogP contribution is -2.30. The maximum Gasteiger partial charge on any atom is 0.119 e. The zero-order chi connectivity index (χ0) is 12.8. The van der Waals surface area contributed by atoms with Crippen LogP contribution in [0.2, 0.25) is 0 Å². The van der Waals surface area contributed by atoms with Crippen LogP contribution in [0.15, 0.2) is 42.9 Å². The second-order valence-corrected chi connectivity index (χ2v) is 3.91. The van der Waals surface area contributed by atoms with Crippen LogP contribution in [-0.2, 0) is 6.42 Å². The number of methoxy groups -OCH3 is 1. The fourth-order valence-corrected chi connectivity index (χ4v) is 1.79. The molecule has 5 heteroatoms. The lowest BCUT2D eigenvalue weighted by atomic mass is 10.0. The number of nitrogens with zero attached hydrogens (tertiary/aromatic N) is 2. The average molecular weight is 244 g/mol. The molecule has 5 nitrogen and oxygen atoms in total. The van der Waals surface area contributed by atoms with Gasteiger partial charge in [0.1, 0.15) is 12.1 Å². The molecule has 18 heavy (non-hydrogen) atoms. The van der Waals surface area contributed by atoms with Crippen molar-refractivity contribution in [2.24, 2.45) is 5.84 Å². The Morgan fingerprint density at radius 3 is 2.94 bits per heavy atom. The normalized spacial score (nSPS) is 12.1. The molecule has 0 spiro atoms. The minimum absolute atomic E-state index is 0.0416. The molecule has 94 valence electrons. The standard InChI is InChI=1S/C13H16N4O/c1-18-11-4-2-3-10(7-11)8-13(17-14)12-5-6-15-9-16-12/h2-7,9,13,17H,8,14H2,1H3. The molecule has 3 N–H and O–H groups in total. The van der Waals surface area contributed by atoms with Gasteiger partial charge in [0.25, 0.3) is 0 Å². The molecule has 0 saturated heterocycles. The van der Waals surface area contributed by atoms with Crippen LogP contribution in [-0.4, -0.2) is 17.1 Å². The molecule has 2 aromatic rings. The van der Waals surface area contributed by atoms with Gasteiger partial charge in [-0.1, -0.05) is 12.1 Å². The van der Waals surface area contributed by atoms with Crippen molar-refractivity contribution in [3.63, 3.8) is 0 Å². The van der Waals surface area contributed by atoms with Crippen LogP contribution in [0.4, 0.5) is 0 Å². The second-order valence-electron chi connectivity index (χ2n) is 3.91. The van der Waals surface area contributed by atoms with Gasteiger partial charge in [-0.25, -0.2) is 9.97 Å². The molecule has 1 heterocycles. The van der Waals surface area contributed by atoms with Gasteiger partial charge in [-0.05, 0) is 30.2 Å². The summed E-state index contributed by atoms with van der Waals surface area (Å²) in [5, 5.41) is 0. The van der Waals surface area contributed by atoms with E-state index in [1.165, 1.54) is 6.33 Å². The maximum atomic E-state index is 5.58. The smallest absolute Gasteiger partial charge is 0.119 e. The molecule has 1 atom stereocenters. The third-order valence-electron chi connectivity index (χ3n) is 2.74. The Kier molecular flexibility index (Phi) is 4.22. The lowest BCUT2D eigenvalue weighted by Gasteiger charge is -2.15. The monoisotopic (exact) mass is 244 g/mol. The summed E-state index contributed by atoms with van der Waals surface area (Å²) in [6.45, 7) is 0. The number of benzene rings is 1. The molecule has 0 bridgehead atoms. The molecule has 1 aromatic carbocycles. The van der Waals surface area contributed by atoms with Crippen molar-refractivity contribution in [1.29, 1.82) is 0 Å². The number of aromatic nitrogens is 2. The number of ether oxygens (including phenoxy) is 1. The van der Waals surface area contributed by atoms with Gasteiger partial charge >= 0.3 is 0 Å². The molecule has 0 aliphatic rings. The minimum atomic E-state index is -0.0416. The Morgan fingerprint density at radius 2 is 2.28 bits per heavy atom. The van der Waals surface area contributed by atoms with E-state index in [9.17, 15) is 0 Å². The fraction of sp³-hybridized carbons (Fsp3) is 0.231. The first-order valence-corrected chi connectivity index (χ1v) is 5.68. The third kappa shape index (κ3) is 3.03. The van der Waals surface area contributed by atoms with Gasteiger partial charge in [-0.15, -0.1) is 0 Å². The van der Waals surface area contributed by atoms with Crippen molar-refractivity contribution in [2.45, 2.75) is 12.5 Å². The van der Waals surface area contributed by atoms with Gasteiger partial charge in [-0.2, -0.15) is 0 Å². The van der Waals surface area contributed by atoms with Crippen LogP contribution in [0.25, 0.3) is 0 Å². The van der Waals surface area contributed by atoms with E-state index < -0.39 is 0 Å². The van der Waals surface area contributed by atoms with Crippen molar-refractivity contribution in [2.75, 3.05) is 7.11 Å². The van der Waals surface area contributed by atoms with Crippen LogP contribution in [0, 0.1) is 0 Å². The molecule has 1 unspecified atom stereocenters. The average Bonchev–Trinajstić information content (AvgIpc) is 2.46. The van der Waals surface area contributed by atoms with Gasteiger partial charge in [-0.3, -0.25) is 11.3 Å². The van der Waals surface area contributed by atoms with Gasteiger partial charge in [0.2, 0.25) is 0 Å². The van der Waals surface area contributed by atoms with Gasteiger partial charge in [0, 0.05) is 6.20 Å². The summed E-state index contributed by atoms with van der Waals surface area (Å²) in [5.74, 6) is 6.42. The van der Waals surface area contributed by atoms with Crippen LogP contribution < -0.4 is 16.0 Å². The summed E-state index contributed by atoms with van der Waals surface area (Å²) in [5.41, 5.74) is 4.78. The van der Waals surface area contributed by atoms with E-state index in [4.69, 9.17) is 10.6 Å². The molecular weight excluding hydrogens is 228 g/mol. The van der Waals surface area contributed by atoms with Crippen molar-refractivity contribution in [3.8, 4) is 5.75 Å². The third-order valence-corrected chi connectivity index (χ3v) is 2.74. The van der Waals surface area contributed by atoms with Gasteiger partial charge in [0.15, 0.2) is 0 Å². The molecule has 0 aliphatic carbocycles. The zero-order valence-corrected chi connectivity index (χ0v) is 10.2. The lowest BCUT2D eigenvalue weighted by molar-refractivity contribution is 0.413. The molecule has 0 saturated carbocycles. The molecule has 1 aromatic heterocycles. The van der Waals surface area contributed by atoms with Crippen LogP contribution in [0.5, 0.6) is 5.75 Å². The summed E-state index contributed by atoms with van der Waals surface area (Å²) >= 11 is 0. The van der Waals surface area contributed by atoms with E-state index in [2.05, 4.69) is 15.4 Å². The van der Waals surface area contributed by atoms with E-state index >= 15 is 0 Å². The number of nitrogens with two attached hydrogens (primary N) is 1. The second kappa shape index (κ2) is 6.09. The zero-order valence-electron chi connectivity index (χ0n) is 10.2. The summed E-state index contributed by atoms with van der Waals surface area (Å²) in [6, 6.07) is 9.71. The molecule has 0 fully saturated rings. The van der Waals surface area contributed by atoms with Crippen LogP contribution in [0.3, 0.4) is 0 Å². The highest BCUT2D eigenvalue weighted by atomic mass is 16.5. The van der Waals surface area contributed by atoms with Crippen molar-refractivity contribution in [3.05, 3.63) is 54.1 Å².